The van der Waals surface area contributed by atoms with E-state index in [0.29, 0.717) is 6.42 Å². The van der Waals surface area contributed by atoms with Crippen molar-refractivity contribution in [1.29, 1.82) is 5.26 Å². The topological polar surface area (TPSA) is 33.0 Å². The number of hydrogen-bond donors (Lipinski definition) is 0. The average Bonchev–Trinajstić information content (AvgIpc) is 1.89. The highest BCUT2D eigenvalue weighted by Crippen LogP contribution is 1.92. The second-order valence-electron chi connectivity index (χ2n) is 1.81. The van der Waals surface area contributed by atoms with Gasteiger partial charge < -0.3 is 4.12 Å². The van der Waals surface area contributed by atoms with Crippen LogP contribution in [0.4, 0.5) is 0 Å². The first-order valence-electron chi connectivity index (χ1n) is 3.36. The lowest BCUT2D eigenvalue weighted by molar-refractivity contribution is 0.637. The van der Waals surface area contributed by atoms with Gasteiger partial charge in [0, 0.05) is 6.42 Å². The zero-order valence-electron chi connectivity index (χ0n) is 5.89. The third-order valence-corrected chi connectivity index (χ3v) is 4.61. The lowest BCUT2D eigenvalue weighted by atomic mass is 10.4. The molecule has 0 aromatic carbocycles. The van der Waals surface area contributed by atoms with Crippen molar-refractivity contribution in [3.05, 3.63) is 0 Å². The number of nitriles is 1. The van der Waals surface area contributed by atoms with Crippen LogP contribution in [0.25, 0.3) is 0 Å². The van der Waals surface area contributed by atoms with Crippen LogP contribution < -0.4 is 0 Å². The minimum atomic E-state index is -0.198. The summed E-state index contributed by atoms with van der Waals surface area (Å²) in [5.41, 5.74) is 0. The Bertz CT molecular complexity index is 91.4. The smallest absolute Gasteiger partial charge is 0.146 e. The van der Waals surface area contributed by atoms with E-state index in [1.165, 1.54) is 6.04 Å². The van der Waals surface area contributed by atoms with Crippen molar-refractivity contribution in [2.24, 2.45) is 0 Å². The van der Waals surface area contributed by atoms with Gasteiger partial charge in [-0.2, -0.15) is 5.26 Å². The summed E-state index contributed by atoms with van der Waals surface area (Å²) in [5.74, 6) is 0. The Morgan fingerprint density at radius 3 is 3.00 bits per heavy atom. The second kappa shape index (κ2) is 7.88. The molecule has 52 valence electrons. The summed E-state index contributed by atoms with van der Waals surface area (Å²) < 4.78 is 5.35. The number of rotatable bonds is 5. The predicted octanol–water partition coefficient (Wildman–Crippen LogP) is -0.0592. The van der Waals surface area contributed by atoms with Gasteiger partial charge in [-0.3, -0.25) is 0 Å². The first kappa shape index (κ1) is 8.88. The van der Waals surface area contributed by atoms with Gasteiger partial charge in [0.25, 0.3) is 0 Å². The van der Waals surface area contributed by atoms with E-state index in [9.17, 15) is 0 Å². The van der Waals surface area contributed by atoms with E-state index in [4.69, 9.17) is 9.38 Å². The molecule has 0 heterocycles. The molecule has 0 saturated heterocycles. The van der Waals surface area contributed by atoms with Crippen molar-refractivity contribution in [3.8, 4) is 6.07 Å². The minimum absolute atomic E-state index is 0.141. The molecule has 0 unspecified atom stereocenters. The quantitative estimate of drug-likeness (QED) is 0.416. The van der Waals surface area contributed by atoms with Crippen LogP contribution in [0.15, 0.2) is 0 Å². The summed E-state index contributed by atoms with van der Waals surface area (Å²) >= 11 is 0. The molecule has 0 N–H and O–H groups in total. The zero-order valence-corrected chi connectivity index (χ0v) is 8.72. The molecule has 0 aliphatic carbocycles. The number of unbranched alkanes of at least 4 members (excludes halogenated alkanes) is 1. The molecule has 0 radical (unpaired) electrons. The van der Waals surface area contributed by atoms with Crippen molar-refractivity contribution < 1.29 is 4.12 Å². The lowest BCUT2D eigenvalue weighted by Crippen LogP contribution is -1.99. The molecule has 0 aromatic rings. The fraction of sp³-hybridized carbons (Fsp3) is 0.800. The molecule has 9 heavy (non-hydrogen) atoms. The number of hydrogen-bond acceptors (Lipinski definition) is 2. The van der Waals surface area contributed by atoms with Gasteiger partial charge in [-0.15, -0.1) is 0 Å². The van der Waals surface area contributed by atoms with Crippen LogP contribution >= 0.6 is 0 Å². The molecule has 0 aliphatic heterocycles. The van der Waals surface area contributed by atoms with Gasteiger partial charge in [0.15, 0.2) is 0 Å². The van der Waals surface area contributed by atoms with Gasteiger partial charge in [0.05, 0.1) is 6.07 Å². The van der Waals surface area contributed by atoms with E-state index in [1.807, 2.05) is 0 Å². The van der Waals surface area contributed by atoms with E-state index in [0.717, 1.165) is 6.42 Å². The maximum absolute atomic E-state index is 8.16. The van der Waals surface area contributed by atoms with Crippen molar-refractivity contribution >= 4 is 19.5 Å². The molecule has 4 heteroatoms. The van der Waals surface area contributed by atoms with Crippen LogP contribution in [0.3, 0.4) is 0 Å². The van der Waals surface area contributed by atoms with E-state index >= 15 is 0 Å². The summed E-state index contributed by atoms with van der Waals surface area (Å²) in [6, 6.07) is 3.31. The van der Waals surface area contributed by atoms with Crippen LogP contribution in [0.5, 0.6) is 0 Å². The molecule has 0 aliphatic rings. The van der Waals surface area contributed by atoms with E-state index < -0.39 is 0 Å². The standard InChI is InChI=1S/C5H13NOSi2/c1-8-7-9-5-3-2-4-6/h2-3,5,8-9H2,1H3. The summed E-state index contributed by atoms with van der Waals surface area (Å²) in [5, 5.41) is 8.16. The molecule has 0 amide bonds. The summed E-state index contributed by atoms with van der Waals surface area (Å²) in [6.07, 6.45) is 1.76. The first-order valence-corrected chi connectivity index (χ1v) is 6.93. The molecular formula is C5H13NOSi2. The molecule has 0 aromatic heterocycles. The normalized spacial score (nSPS) is 11.6. The van der Waals surface area contributed by atoms with E-state index in [-0.39, 0.29) is 19.5 Å². The minimum Gasteiger partial charge on any atom is -0.465 e. The fourth-order valence-electron chi connectivity index (χ4n) is 0.553. The highest BCUT2D eigenvalue weighted by atomic mass is 28.3. The summed E-state index contributed by atoms with van der Waals surface area (Å²) in [4.78, 5) is 0. The Morgan fingerprint density at radius 1 is 1.67 bits per heavy atom. The number of nitrogens with zero attached hydrogens (tertiary/aromatic N) is 1. The third-order valence-electron chi connectivity index (χ3n) is 1.03. The first-order chi connectivity index (χ1) is 4.41. The SMILES string of the molecule is C[SiH2]O[SiH2]CCCC#N. The molecule has 0 bridgehead atoms. The summed E-state index contributed by atoms with van der Waals surface area (Å²) in [7, 11) is -0.340. The maximum Gasteiger partial charge on any atom is 0.146 e. The van der Waals surface area contributed by atoms with Crippen LogP contribution in [-0.4, -0.2) is 19.5 Å². The summed E-state index contributed by atoms with van der Waals surface area (Å²) in [6.45, 7) is 2.15. The van der Waals surface area contributed by atoms with Gasteiger partial charge in [-0.1, -0.05) is 6.55 Å². The lowest BCUT2D eigenvalue weighted by Gasteiger charge is -1.95. The Hall–Kier alpha value is -0.116. The van der Waals surface area contributed by atoms with Gasteiger partial charge >= 0.3 is 0 Å². The van der Waals surface area contributed by atoms with Crippen LogP contribution in [0, 0.1) is 11.3 Å². The van der Waals surface area contributed by atoms with Crippen LogP contribution in [-0.2, 0) is 4.12 Å². The fourth-order valence-corrected chi connectivity index (χ4v) is 2.98. The van der Waals surface area contributed by atoms with Crippen molar-refractivity contribution in [2.75, 3.05) is 0 Å². The molecule has 0 atom stereocenters. The van der Waals surface area contributed by atoms with Gasteiger partial charge in [0.1, 0.15) is 19.5 Å². The molecular weight excluding hydrogens is 146 g/mol. The molecule has 0 rings (SSSR count). The van der Waals surface area contributed by atoms with Crippen molar-refractivity contribution in [2.45, 2.75) is 25.4 Å². The van der Waals surface area contributed by atoms with E-state index in [1.54, 1.807) is 0 Å². The Morgan fingerprint density at radius 2 is 2.44 bits per heavy atom. The van der Waals surface area contributed by atoms with Crippen LogP contribution in [0.1, 0.15) is 12.8 Å². The average molecular weight is 159 g/mol. The van der Waals surface area contributed by atoms with Gasteiger partial charge in [-0.05, 0) is 12.5 Å². The van der Waals surface area contributed by atoms with Gasteiger partial charge in [-0.25, -0.2) is 0 Å². The maximum atomic E-state index is 8.16. The Kier molecular flexibility index (Phi) is 7.78. The van der Waals surface area contributed by atoms with Crippen molar-refractivity contribution in [3.63, 3.8) is 0 Å². The predicted molar refractivity (Wildman–Crippen MR) is 43.7 cm³/mol. The largest absolute Gasteiger partial charge is 0.465 e. The highest BCUT2D eigenvalue weighted by Gasteiger charge is 1.86. The Labute approximate surface area is 61.1 Å². The molecule has 0 fully saturated rings. The zero-order chi connectivity index (χ0) is 6.95. The third kappa shape index (κ3) is 7.88. The van der Waals surface area contributed by atoms with E-state index in [2.05, 4.69) is 12.6 Å². The second-order valence-corrected chi connectivity index (χ2v) is 5.14. The van der Waals surface area contributed by atoms with Crippen LogP contribution in [0.2, 0.25) is 12.6 Å². The molecule has 0 saturated carbocycles. The molecule has 0 spiro atoms. The Balaban J connectivity index is 2.69. The monoisotopic (exact) mass is 159 g/mol. The van der Waals surface area contributed by atoms with Gasteiger partial charge in [0.2, 0.25) is 0 Å². The molecule has 2 nitrogen and oxygen atoms in total. The highest BCUT2D eigenvalue weighted by molar-refractivity contribution is 6.41. The van der Waals surface area contributed by atoms with Crippen molar-refractivity contribution in [1.82, 2.24) is 0 Å².